The van der Waals surface area contributed by atoms with E-state index in [-0.39, 0.29) is 29.0 Å². The minimum absolute atomic E-state index is 0.0484. The van der Waals surface area contributed by atoms with Gasteiger partial charge in [-0.25, -0.2) is 0 Å². The Hall–Kier alpha value is -2.44. The lowest BCUT2D eigenvalue weighted by molar-refractivity contribution is -0.122. The lowest BCUT2D eigenvalue weighted by atomic mass is 9.73. The van der Waals surface area contributed by atoms with Crippen molar-refractivity contribution < 1.29 is 14.6 Å². The first-order chi connectivity index (χ1) is 16.7. The average Bonchev–Trinajstić information content (AvgIpc) is 2.80. The van der Waals surface area contributed by atoms with Gasteiger partial charge in [-0.1, -0.05) is 58.0 Å². The lowest BCUT2D eigenvalue weighted by Crippen LogP contribution is -2.52. The molecule has 0 radical (unpaired) electrons. The molecule has 0 unspecified atom stereocenters. The predicted octanol–water partition coefficient (Wildman–Crippen LogP) is 4.50. The van der Waals surface area contributed by atoms with Gasteiger partial charge in [-0.2, -0.15) is 0 Å². The molecule has 6 heteroatoms. The summed E-state index contributed by atoms with van der Waals surface area (Å²) in [5.74, 6) is 0.813. The molecule has 3 N–H and O–H groups in total. The van der Waals surface area contributed by atoms with Gasteiger partial charge >= 0.3 is 0 Å². The Morgan fingerprint density at radius 1 is 1.26 bits per heavy atom. The zero-order valence-corrected chi connectivity index (χ0v) is 21.6. The maximum Gasteiger partial charge on any atom is 0.220 e. The molecule has 0 bridgehead atoms. The zero-order valence-electron chi connectivity index (χ0n) is 21.6. The highest BCUT2D eigenvalue weighted by Gasteiger charge is 2.46. The summed E-state index contributed by atoms with van der Waals surface area (Å²) in [7, 11) is 0. The van der Waals surface area contributed by atoms with Crippen LogP contribution >= 0.6 is 0 Å². The third-order valence-corrected chi connectivity index (χ3v) is 7.21. The van der Waals surface area contributed by atoms with E-state index in [1.807, 2.05) is 43.5 Å². The molecule has 1 amide bonds. The molecule has 6 nitrogen and oxygen atoms in total. The molecule has 2 heterocycles. The van der Waals surface area contributed by atoms with Crippen LogP contribution in [0.1, 0.15) is 82.7 Å². The van der Waals surface area contributed by atoms with Crippen LogP contribution in [-0.2, 0) is 17.6 Å². The fourth-order valence-corrected chi connectivity index (χ4v) is 5.18. The van der Waals surface area contributed by atoms with Crippen molar-refractivity contribution in [3.8, 4) is 5.75 Å². The molecule has 1 spiro atoms. The normalized spacial score (nSPS) is 20.3. The minimum Gasteiger partial charge on any atom is -0.485 e. The number of carbonyl (C=O) groups is 1. The van der Waals surface area contributed by atoms with Gasteiger partial charge in [-0.15, -0.1) is 0 Å². The van der Waals surface area contributed by atoms with Crippen molar-refractivity contribution in [1.82, 2.24) is 15.6 Å². The van der Waals surface area contributed by atoms with Crippen LogP contribution in [0.4, 0.5) is 0 Å². The molecule has 3 atom stereocenters. The number of fused-ring (bicyclic) bond motifs is 1. The second-order valence-corrected chi connectivity index (χ2v) is 11.5. The van der Waals surface area contributed by atoms with E-state index in [0.29, 0.717) is 19.4 Å². The number of nitrogens with zero attached hydrogens (tertiary/aromatic N) is 1. The first-order valence-electron chi connectivity index (χ1n) is 13.1. The summed E-state index contributed by atoms with van der Waals surface area (Å²) < 4.78 is 6.45. The number of carbonyl (C=O) groups excluding carboxylic acids is 1. The largest absolute Gasteiger partial charge is 0.485 e. The van der Waals surface area contributed by atoms with Crippen molar-refractivity contribution in [3.05, 3.63) is 59.4 Å². The van der Waals surface area contributed by atoms with Crippen molar-refractivity contribution in [3.63, 3.8) is 0 Å². The van der Waals surface area contributed by atoms with E-state index in [1.54, 1.807) is 0 Å². The number of nitrogens with one attached hydrogen (secondary N) is 2. The van der Waals surface area contributed by atoms with Crippen LogP contribution in [0, 0.1) is 5.41 Å². The van der Waals surface area contributed by atoms with E-state index in [4.69, 9.17) is 9.72 Å². The van der Waals surface area contributed by atoms with Crippen LogP contribution in [0.25, 0.3) is 0 Å². The Morgan fingerprint density at radius 3 is 2.63 bits per heavy atom. The van der Waals surface area contributed by atoms with Crippen LogP contribution in [0.5, 0.6) is 5.75 Å². The first kappa shape index (κ1) is 25.6. The number of hydrogen-bond donors (Lipinski definition) is 3. The minimum atomic E-state index is -0.717. The van der Waals surface area contributed by atoms with E-state index in [2.05, 4.69) is 37.5 Å². The number of rotatable bonds is 9. The summed E-state index contributed by atoms with van der Waals surface area (Å²) in [5.41, 5.74) is 3.31. The van der Waals surface area contributed by atoms with Gasteiger partial charge in [0.2, 0.25) is 5.91 Å². The van der Waals surface area contributed by atoms with Crippen LogP contribution < -0.4 is 15.4 Å². The number of benzene rings is 1. The van der Waals surface area contributed by atoms with Gasteiger partial charge in [0.1, 0.15) is 11.4 Å². The van der Waals surface area contributed by atoms with Crippen LogP contribution in [0.3, 0.4) is 0 Å². The highest BCUT2D eigenvalue weighted by Crippen LogP contribution is 2.48. The summed E-state index contributed by atoms with van der Waals surface area (Å²) >= 11 is 0. The quantitative estimate of drug-likeness (QED) is 0.493. The average molecular weight is 480 g/mol. The highest BCUT2D eigenvalue weighted by atomic mass is 16.5. The molecule has 1 fully saturated rings. The second-order valence-electron chi connectivity index (χ2n) is 11.5. The standard InChI is InChI=1S/C29H41N3O3/c1-5-27(34)32-23(14-20-10-7-6-8-11-20)25(33)18-31-24-17-29(12-9-13-29)35-26-19-30-21(15-22(24)26)16-28(2,3)4/h6-8,10-11,15,19,23-25,31,33H,5,9,12-14,16-18H2,1-4H3,(H,32,34)/t23-,24-,25+/m0/s1. The Balaban J connectivity index is 1.50. The zero-order chi connectivity index (χ0) is 25.1. The van der Waals surface area contributed by atoms with Gasteiger partial charge in [0.15, 0.2) is 0 Å². The molecule has 2 aromatic rings. The van der Waals surface area contributed by atoms with Gasteiger partial charge < -0.3 is 20.5 Å². The number of aliphatic hydroxyl groups is 1. The Bertz CT molecular complexity index is 998. The first-order valence-corrected chi connectivity index (χ1v) is 13.1. The van der Waals surface area contributed by atoms with Gasteiger partial charge in [0.25, 0.3) is 0 Å². The van der Waals surface area contributed by atoms with Gasteiger partial charge in [-0.05, 0) is 49.1 Å². The fourth-order valence-electron chi connectivity index (χ4n) is 5.18. The Kier molecular flexibility index (Phi) is 7.82. The van der Waals surface area contributed by atoms with Gasteiger partial charge in [-0.3, -0.25) is 9.78 Å². The monoisotopic (exact) mass is 479 g/mol. The predicted molar refractivity (Wildman–Crippen MR) is 138 cm³/mol. The molecule has 1 aromatic heterocycles. The van der Waals surface area contributed by atoms with Crippen molar-refractivity contribution in [1.29, 1.82) is 0 Å². The summed E-state index contributed by atoms with van der Waals surface area (Å²) in [6.45, 7) is 8.88. The molecule has 4 rings (SSSR count). The summed E-state index contributed by atoms with van der Waals surface area (Å²) in [6.07, 6.45) is 7.22. The Morgan fingerprint density at radius 2 is 2.00 bits per heavy atom. The van der Waals surface area contributed by atoms with Crippen molar-refractivity contribution in [2.24, 2.45) is 5.41 Å². The number of amides is 1. The van der Waals surface area contributed by atoms with Gasteiger partial charge in [0.05, 0.1) is 18.3 Å². The van der Waals surface area contributed by atoms with Gasteiger partial charge in [0, 0.05) is 36.7 Å². The molecule has 1 saturated carbocycles. The SMILES string of the molecule is CCC(=O)N[C@@H](Cc1ccccc1)[C@H](O)CN[C@H]1CC2(CCC2)Oc2cnc(CC(C)(C)C)cc21. The summed E-state index contributed by atoms with van der Waals surface area (Å²) in [4.78, 5) is 16.9. The Labute approximate surface area is 209 Å². The number of ether oxygens (including phenoxy) is 1. The molecular formula is C29H41N3O3. The molecule has 2 aliphatic rings. The van der Waals surface area contributed by atoms with Crippen LogP contribution in [0.15, 0.2) is 42.6 Å². The summed E-state index contributed by atoms with van der Waals surface area (Å²) in [6, 6.07) is 11.9. The maximum absolute atomic E-state index is 12.2. The molecule has 35 heavy (non-hydrogen) atoms. The number of pyridine rings is 1. The topological polar surface area (TPSA) is 83.5 Å². The highest BCUT2D eigenvalue weighted by molar-refractivity contribution is 5.75. The van der Waals surface area contributed by atoms with E-state index in [0.717, 1.165) is 48.3 Å². The smallest absolute Gasteiger partial charge is 0.220 e. The van der Waals surface area contributed by atoms with Crippen molar-refractivity contribution in [2.75, 3.05) is 6.54 Å². The third kappa shape index (κ3) is 6.62. The molecule has 0 saturated heterocycles. The molecular weight excluding hydrogens is 438 g/mol. The van der Waals surface area contributed by atoms with Crippen molar-refractivity contribution in [2.45, 2.75) is 96.4 Å². The number of hydrogen-bond acceptors (Lipinski definition) is 5. The van der Waals surface area contributed by atoms with Crippen LogP contribution in [-0.4, -0.2) is 40.3 Å². The van der Waals surface area contributed by atoms with Crippen LogP contribution in [0.2, 0.25) is 0 Å². The lowest BCUT2D eigenvalue weighted by Gasteiger charge is -2.48. The van der Waals surface area contributed by atoms with E-state index >= 15 is 0 Å². The van der Waals surface area contributed by atoms with E-state index in [1.165, 1.54) is 6.42 Å². The molecule has 1 aliphatic carbocycles. The third-order valence-electron chi connectivity index (χ3n) is 7.21. The second kappa shape index (κ2) is 10.7. The number of aliphatic hydroxyl groups excluding tert-OH is 1. The molecule has 1 aliphatic heterocycles. The van der Waals surface area contributed by atoms with Crippen molar-refractivity contribution >= 4 is 5.91 Å². The molecule has 190 valence electrons. The maximum atomic E-state index is 12.2. The fraction of sp³-hybridized carbons (Fsp3) is 0.586. The summed E-state index contributed by atoms with van der Waals surface area (Å²) in [5, 5.41) is 17.9. The van der Waals surface area contributed by atoms with E-state index in [9.17, 15) is 9.90 Å². The number of aromatic nitrogens is 1. The molecule has 1 aromatic carbocycles. The van der Waals surface area contributed by atoms with E-state index < -0.39 is 6.10 Å².